The molecule has 1 heterocycles. The van der Waals surface area contributed by atoms with Crippen LogP contribution in [0.15, 0.2) is 17.5 Å². The maximum absolute atomic E-state index is 12.1. The molecule has 1 saturated carbocycles. The van der Waals surface area contributed by atoms with Crippen molar-refractivity contribution in [2.24, 2.45) is 17.3 Å². The molecular formula is C13H17NO3S. The molecule has 0 aromatic carbocycles. The van der Waals surface area contributed by atoms with E-state index in [4.69, 9.17) is 5.11 Å². The van der Waals surface area contributed by atoms with Crippen LogP contribution in [0.2, 0.25) is 0 Å². The average Bonchev–Trinajstić information content (AvgIpc) is 2.67. The molecule has 0 aliphatic heterocycles. The average molecular weight is 267 g/mol. The molecule has 1 aromatic rings. The third-order valence-electron chi connectivity index (χ3n) is 3.70. The quantitative estimate of drug-likeness (QED) is 0.879. The largest absolute Gasteiger partial charge is 0.481 e. The summed E-state index contributed by atoms with van der Waals surface area (Å²) in [7, 11) is 0. The summed E-state index contributed by atoms with van der Waals surface area (Å²) in [6.07, 6.45) is 0. The fourth-order valence-electron chi connectivity index (χ4n) is 2.50. The zero-order valence-electron chi connectivity index (χ0n) is 10.6. The van der Waals surface area contributed by atoms with Gasteiger partial charge >= 0.3 is 5.97 Å². The Morgan fingerprint density at radius 3 is 2.56 bits per heavy atom. The molecule has 4 nitrogen and oxygen atoms in total. The Balaban J connectivity index is 2.00. The lowest BCUT2D eigenvalue weighted by molar-refractivity contribution is -0.140. The number of carboxylic acid groups (broad SMARTS) is 1. The first-order chi connectivity index (χ1) is 8.35. The summed E-state index contributed by atoms with van der Waals surface area (Å²) in [5.74, 6) is -2.03. The molecule has 1 aliphatic carbocycles. The lowest BCUT2D eigenvalue weighted by atomic mass is 10.1. The summed E-state index contributed by atoms with van der Waals surface area (Å²) < 4.78 is 0. The van der Waals surface area contributed by atoms with E-state index in [1.165, 1.54) is 0 Å². The predicted octanol–water partition coefficient (Wildman–Crippen LogP) is 2.28. The van der Waals surface area contributed by atoms with Crippen molar-refractivity contribution >= 4 is 23.2 Å². The molecule has 0 saturated heterocycles. The van der Waals surface area contributed by atoms with Crippen LogP contribution in [0.4, 0.5) is 0 Å². The lowest BCUT2D eigenvalue weighted by Crippen LogP contribution is -2.29. The smallest absolute Gasteiger partial charge is 0.307 e. The molecule has 2 N–H and O–H groups in total. The lowest BCUT2D eigenvalue weighted by Gasteiger charge is -2.12. The van der Waals surface area contributed by atoms with Gasteiger partial charge in [-0.15, -0.1) is 11.3 Å². The fourth-order valence-corrected chi connectivity index (χ4v) is 3.23. The Morgan fingerprint density at radius 1 is 1.44 bits per heavy atom. The number of carbonyl (C=O) groups is 2. The van der Waals surface area contributed by atoms with Crippen molar-refractivity contribution in [3.8, 4) is 0 Å². The van der Waals surface area contributed by atoms with Gasteiger partial charge in [0.1, 0.15) is 0 Å². The van der Waals surface area contributed by atoms with E-state index in [2.05, 4.69) is 5.32 Å². The summed E-state index contributed by atoms with van der Waals surface area (Å²) in [6.45, 7) is 5.56. The highest BCUT2D eigenvalue weighted by atomic mass is 32.1. The third kappa shape index (κ3) is 2.14. The van der Waals surface area contributed by atoms with Gasteiger partial charge in [-0.2, -0.15) is 0 Å². The minimum absolute atomic E-state index is 0.0663. The number of rotatable bonds is 4. The van der Waals surface area contributed by atoms with Crippen molar-refractivity contribution in [1.82, 2.24) is 5.32 Å². The van der Waals surface area contributed by atoms with Crippen LogP contribution in [-0.4, -0.2) is 17.0 Å². The van der Waals surface area contributed by atoms with Gasteiger partial charge in [0.2, 0.25) is 5.91 Å². The number of hydrogen-bond acceptors (Lipinski definition) is 3. The molecular weight excluding hydrogens is 250 g/mol. The van der Waals surface area contributed by atoms with E-state index in [1.807, 2.05) is 38.3 Å². The first-order valence-electron chi connectivity index (χ1n) is 5.92. The van der Waals surface area contributed by atoms with Crippen LogP contribution in [0.25, 0.3) is 0 Å². The van der Waals surface area contributed by atoms with Gasteiger partial charge in [-0.05, 0) is 23.8 Å². The maximum atomic E-state index is 12.1. The molecule has 3 atom stereocenters. The highest BCUT2D eigenvalue weighted by molar-refractivity contribution is 7.10. The highest BCUT2D eigenvalue weighted by Gasteiger charge is 2.65. The number of amides is 1. The zero-order valence-corrected chi connectivity index (χ0v) is 11.5. The van der Waals surface area contributed by atoms with E-state index >= 15 is 0 Å². The van der Waals surface area contributed by atoms with Gasteiger partial charge in [0.15, 0.2) is 0 Å². The minimum atomic E-state index is -0.885. The Kier molecular flexibility index (Phi) is 3.19. The van der Waals surface area contributed by atoms with Gasteiger partial charge in [-0.25, -0.2) is 0 Å². The molecule has 1 aromatic heterocycles. The molecule has 0 spiro atoms. The summed E-state index contributed by atoms with van der Waals surface area (Å²) in [5.41, 5.74) is -0.439. The molecule has 98 valence electrons. The Bertz CT molecular complexity index is 467. The third-order valence-corrected chi connectivity index (χ3v) is 4.76. The number of nitrogens with one attached hydrogen (secondary N) is 1. The molecule has 1 unspecified atom stereocenters. The Hall–Kier alpha value is -1.36. The van der Waals surface area contributed by atoms with E-state index in [1.54, 1.807) is 11.3 Å². The zero-order chi connectivity index (χ0) is 13.5. The van der Waals surface area contributed by atoms with Gasteiger partial charge in [-0.1, -0.05) is 19.9 Å². The van der Waals surface area contributed by atoms with Gasteiger partial charge in [0.25, 0.3) is 0 Å². The molecule has 1 amide bonds. The molecule has 18 heavy (non-hydrogen) atoms. The highest BCUT2D eigenvalue weighted by Crippen LogP contribution is 2.58. The second-order valence-electron chi connectivity index (χ2n) is 5.36. The van der Waals surface area contributed by atoms with Crippen LogP contribution in [0, 0.1) is 17.3 Å². The van der Waals surface area contributed by atoms with Gasteiger partial charge in [0, 0.05) is 4.88 Å². The Morgan fingerprint density at radius 2 is 2.11 bits per heavy atom. The van der Waals surface area contributed by atoms with Crippen LogP contribution in [0.3, 0.4) is 0 Å². The molecule has 0 bridgehead atoms. The van der Waals surface area contributed by atoms with Crippen molar-refractivity contribution < 1.29 is 14.7 Å². The number of aliphatic carboxylic acids is 1. The van der Waals surface area contributed by atoms with Crippen molar-refractivity contribution in [3.05, 3.63) is 22.4 Å². The van der Waals surface area contributed by atoms with Crippen molar-refractivity contribution in [2.75, 3.05) is 0 Å². The number of thiophene rings is 1. The first kappa shape index (κ1) is 13.1. The predicted molar refractivity (Wildman–Crippen MR) is 69.3 cm³/mol. The molecule has 0 radical (unpaired) electrons. The van der Waals surface area contributed by atoms with E-state index in [9.17, 15) is 9.59 Å². The van der Waals surface area contributed by atoms with Crippen molar-refractivity contribution in [3.63, 3.8) is 0 Å². The number of carbonyl (C=O) groups excluding carboxylic acids is 1. The van der Waals surface area contributed by atoms with Crippen LogP contribution in [0.1, 0.15) is 31.7 Å². The molecule has 5 heteroatoms. The summed E-state index contributed by atoms with van der Waals surface area (Å²) in [4.78, 5) is 24.2. The number of hydrogen-bond donors (Lipinski definition) is 2. The Labute approximate surface area is 110 Å². The summed E-state index contributed by atoms with van der Waals surface area (Å²) >= 11 is 1.58. The van der Waals surface area contributed by atoms with Gasteiger partial charge in [0.05, 0.1) is 17.9 Å². The monoisotopic (exact) mass is 267 g/mol. The second kappa shape index (κ2) is 4.39. The van der Waals surface area contributed by atoms with E-state index in [-0.39, 0.29) is 11.9 Å². The van der Waals surface area contributed by atoms with Gasteiger partial charge in [-0.3, -0.25) is 9.59 Å². The topological polar surface area (TPSA) is 66.4 Å². The minimum Gasteiger partial charge on any atom is -0.481 e. The van der Waals surface area contributed by atoms with Gasteiger partial charge < -0.3 is 10.4 Å². The summed E-state index contributed by atoms with van der Waals surface area (Å²) in [6, 6.07) is 3.83. The molecule has 2 rings (SSSR count). The molecule has 1 fully saturated rings. The van der Waals surface area contributed by atoms with Crippen LogP contribution in [0.5, 0.6) is 0 Å². The van der Waals surface area contributed by atoms with Crippen molar-refractivity contribution in [1.29, 1.82) is 0 Å². The second-order valence-corrected chi connectivity index (χ2v) is 6.34. The van der Waals surface area contributed by atoms with Crippen LogP contribution >= 0.6 is 11.3 Å². The van der Waals surface area contributed by atoms with E-state index in [0.29, 0.717) is 0 Å². The fraction of sp³-hybridized carbons (Fsp3) is 0.538. The SMILES string of the molecule is CC(NC(=O)[C@H]1[C@@H](C(=O)O)C1(C)C)c1cccs1. The van der Waals surface area contributed by atoms with E-state index in [0.717, 1.165) is 4.88 Å². The first-order valence-corrected chi connectivity index (χ1v) is 6.80. The van der Waals surface area contributed by atoms with E-state index < -0.39 is 23.2 Å². The van der Waals surface area contributed by atoms with Crippen molar-refractivity contribution in [2.45, 2.75) is 26.8 Å². The van der Waals surface area contributed by atoms with Crippen LogP contribution in [-0.2, 0) is 9.59 Å². The standard InChI is InChI=1S/C13H17NO3S/c1-7(8-5-4-6-18-8)14-11(15)9-10(12(16)17)13(9,2)3/h4-7,9-10H,1-3H3,(H,14,15)(H,16,17)/t7?,9-,10+/m1/s1. The maximum Gasteiger partial charge on any atom is 0.307 e. The normalized spacial score (nSPS) is 26.4. The van der Waals surface area contributed by atoms with Crippen LogP contribution < -0.4 is 5.32 Å². The number of carboxylic acids is 1. The summed E-state index contributed by atoms with van der Waals surface area (Å²) in [5, 5.41) is 13.9. The molecule has 1 aliphatic rings.